The molecule has 1 amide bonds. The summed E-state index contributed by atoms with van der Waals surface area (Å²) in [6, 6.07) is -0.857. The second-order valence-corrected chi connectivity index (χ2v) is 4.95. The largest absolute Gasteiger partial charge is 0.368 e. The Morgan fingerprint density at radius 3 is 2.57 bits per heavy atom. The molecule has 0 saturated carbocycles. The van der Waals surface area contributed by atoms with E-state index in [-0.39, 0.29) is 6.04 Å². The van der Waals surface area contributed by atoms with Crippen molar-refractivity contribution in [3.05, 3.63) is 13.7 Å². The summed E-state index contributed by atoms with van der Waals surface area (Å²) in [6.45, 7) is 1.84. The van der Waals surface area contributed by atoms with Crippen LogP contribution < -0.4 is 11.5 Å². The van der Waals surface area contributed by atoms with Crippen LogP contribution in [0.5, 0.6) is 0 Å². The van der Waals surface area contributed by atoms with E-state index in [4.69, 9.17) is 11.5 Å². The molecule has 1 aromatic heterocycles. The van der Waals surface area contributed by atoms with Gasteiger partial charge in [0.15, 0.2) is 0 Å². The van der Waals surface area contributed by atoms with E-state index in [1.165, 1.54) is 0 Å². The molecule has 7 heteroatoms. The Kier molecular flexibility index (Phi) is 4.13. The first-order valence-corrected chi connectivity index (χ1v) is 6.03. The lowest BCUT2D eigenvalue weighted by Gasteiger charge is -2.19. The maximum Gasteiger partial charge on any atom is 0.236 e. The molecular weight excluding hydrogens is 410 g/mol. The molecule has 2 atom stereocenters. The SMILES string of the molecule is CC(C(N)C(N)=O)n1cnc(I)c1I. The summed E-state index contributed by atoms with van der Waals surface area (Å²) in [5.74, 6) is -0.503. The third-order valence-corrected chi connectivity index (χ3v) is 4.87. The lowest BCUT2D eigenvalue weighted by atomic mass is 10.1. The van der Waals surface area contributed by atoms with E-state index in [2.05, 4.69) is 50.2 Å². The minimum Gasteiger partial charge on any atom is -0.368 e. The normalized spacial score (nSPS) is 15.1. The third-order valence-electron chi connectivity index (χ3n) is 1.98. The van der Waals surface area contributed by atoms with E-state index < -0.39 is 11.9 Å². The smallest absolute Gasteiger partial charge is 0.236 e. The Morgan fingerprint density at radius 2 is 2.21 bits per heavy atom. The molecule has 0 bridgehead atoms. The Morgan fingerprint density at radius 1 is 1.64 bits per heavy atom. The van der Waals surface area contributed by atoms with Crippen LogP contribution >= 0.6 is 45.2 Å². The van der Waals surface area contributed by atoms with Crippen molar-refractivity contribution in [3.8, 4) is 0 Å². The van der Waals surface area contributed by atoms with Crippen LogP contribution in [-0.4, -0.2) is 21.5 Å². The number of imidazole rings is 1. The lowest BCUT2D eigenvalue weighted by Crippen LogP contribution is -2.42. The Bertz CT molecular complexity index is 351. The fourth-order valence-electron chi connectivity index (χ4n) is 1.02. The van der Waals surface area contributed by atoms with Crippen molar-refractivity contribution in [1.82, 2.24) is 9.55 Å². The van der Waals surface area contributed by atoms with Crippen molar-refractivity contribution in [3.63, 3.8) is 0 Å². The first-order chi connectivity index (χ1) is 6.45. The van der Waals surface area contributed by atoms with Gasteiger partial charge in [0.05, 0.1) is 12.4 Å². The second kappa shape index (κ2) is 4.75. The highest BCUT2D eigenvalue weighted by Gasteiger charge is 2.21. The fourth-order valence-corrected chi connectivity index (χ4v) is 2.12. The number of carbonyl (C=O) groups is 1. The van der Waals surface area contributed by atoms with Crippen molar-refractivity contribution in [2.75, 3.05) is 0 Å². The number of nitrogens with two attached hydrogens (primary N) is 2. The number of rotatable bonds is 3. The summed E-state index contributed by atoms with van der Waals surface area (Å²) in [4.78, 5) is 15.0. The maximum absolute atomic E-state index is 10.9. The van der Waals surface area contributed by atoms with Crippen LogP contribution in [0.4, 0.5) is 0 Å². The number of hydrogen-bond acceptors (Lipinski definition) is 3. The van der Waals surface area contributed by atoms with Gasteiger partial charge in [-0.2, -0.15) is 0 Å². The molecule has 0 aliphatic rings. The molecule has 78 valence electrons. The van der Waals surface area contributed by atoms with Gasteiger partial charge in [0.1, 0.15) is 13.4 Å². The molecule has 0 spiro atoms. The minimum atomic E-state index is -0.687. The highest BCUT2D eigenvalue weighted by atomic mass is 127. The second-order valence-electron chi connectivity index (χ2n) is 2.90. The Hall–Kier alpha value is 0.100. The van der Waals surface area contributed by atoms with Gasteiger partial charge in [0.2, 0.25) is 5.91 Å². The molecule has 0 radical (unpaired) electrons. The molecule has 14 heavy (non-hydrogen) atoms. The average Bonchev–Trinajstić information content (AvgIpc) is 2.45. The highest BCUT2D eigenvalue weighted by molar-refractivity contribution is 14.1. The molecule has 5 nitrogen and oxygen atoms in total. The standard InChI is InChI=1S/C7H10I2N4O/c1-3(4(10)7(11)14)13-2-12-5(8)6(13)9/h2-4H,10H2,1H3,(H2,11,14). The number of aromatic nitrogens is 2. The highest BCUT2D eigenvalue weighted by Crippen LogP contribution is 2.19. The molecule has 0 aromatic carbocycles. The molecule has 1 rings (SSSR count). The quantitative estimate of drug-likeness (QED) is 0.698. The number of primary amides is 1. The number of hydrogen-bond donors (Lipinski definition) is 2. The molecule has 1 heterocycles. The van der Waals surface area contributed by atoms with E-state index in [1.54, 1.807) is 6.33 Å². The van der Waals surface area contributed by atoms with Crippen LogP contribution in [0.15, 0.2) is 6.33 Å². The van der Waals surface area contributed by atoms with E-state index in [9.17, 15) is 4.79 Å². The number of amides is 1. The molecule has 0 fully saturated rings. The fraction of sp³-hybridized carbons (Fsp3) is 0.429. The first kappa shape index (κ1) is 12.2. The Balaban J connectivity index is 2.94. The van der Waals surface area contributed by atoms with E-state index >= 15 is 0 Å². The molecule has 2 unspecified atom stereocenters. The summed E-state index contributed by atoms with van der Waals surface area (Å²) in [5.41, 5.74) is 10.8. The number of halogens is 2. The predicted octanol–water partition coefficient (Wildman–Crippen LogP) is 0.466. The molecule has 4 N–H and O–H groups in total. The molecule has 0 saturated heterocycles. The van der Waals surface area contributed by atoms with Gasteiger partial charge < -0.3 is 16.0 Å². The average molecular weight is 420 g/mol. The van der Waals surface area contributed by atoms with Crippen LogP contribution in [0.25, 0.3) is 0 Å². The topological polar surface area (TPSA) is 86.9 Å². The lowest BCUT2D eigenvalue weighted by molar-refractivity contribution is -0.120. The van der Waals surface area contributed by atoms with Crippen molar-refractivity contribution < 1.29 is 4.79 Å². The van der Waals surface area contributed by atoms with Crippen molar-refractivity contribution in [2.24, 2.45) is 11.5 Å². The van der Waals surface area contributed by atoms with Crippen molar-refractivity contribution in [2.45, 2.75) is 19.0 Å². The minimum absolute atomic E-state index is 0.171. The van der Waals surface area contributed by atoms with Crippen molar-refractivity contribution in [1.29, 1.82) is 0 Å². The summed E-state index contributed by atoms with van der Waals surface area (Å²) in [7, 11) is 0. The molecule has 0 aliphatic heterocycles. The maximum atomic E-state index is 10.9. The molecule has 1 aromatic rings. The number of nitrogens with zero attached hydrogens (tertiary/aromatic N) is 2. The van der Waals surface area contributed by atoms with Gasteiger partial charge in [0.25, 0.3) is 0 Å². The zero-order valence-corrected chi connectivity index (χ0v) is 11.8. The first-order valence-electron chi connectivity index (χ1n) is 3.88. The van der Waals surface area contributed by atoms with Gasteiger partial charge in [0, 0.05) is 0 Å². The van der Waals surface area contributed by atoms with Crippen LogP contribution in [-0.2, 0) is 4.79 Å². The zero-order chi connectivity index (χ0) is 10.9. The van der Waals surface area contributed by atoms with Crippen LogP contribution in [0.3, 0.4) is 0 Å². The summed E-state index contributed by atoms with van der Waals surface area (Å²) in [6.07, 6.45) is 1.66. The summed E-state index contributed by atoms with van der Waals surface area (Å²) >= 11 is 4.28. The van der Waals surface area contributed by atoms with E-state index in [0.29, 0.717) is 0 Å². The van der Waals surface area contributed by atoms with E-state index in [1.807, 2.05) is 11.5 Å². The van der Waals surface area contributed by atoms with Gasteiger partial charge in [-0.3, -0.25) is 4.79 Å². The summed E-state index contributed by atoms with van der Waals surface area (Å²) in [5, 5.41) is 0. The van der Waals surface area contributed by atoms with Crippen LogP contribution in [0.1, 0.15) is 13.0 Å². The van der Waals surface area contributed by atoms with E-state index in [0.717, 1.165) is 7.40 Å². The monoisotopic (exact) mass is 420 g/mol. The van der Waals surface area contributed by atoms with Gasteiger partial charge in [-0.25, -0.2) is 4.98 Å². The van der Waals surface area contributed by atoms with Crippen LogP contribution in [0.2, 0.25) is 0 Å². The number of carbonyl (C=O) groups excluding carboxylic acids is 1. The van der Waals surface area contributed by atoms with Gasteiger partial charge in [-0.15, -0.1) is 0 Å². The Labute approximate surface area is 109 Å². The molecular formula is C7H10I2N4O. The van der Waals surface area contributed by atoms with Crippen LogP contribution in [0, 0.1) is 7.40 Å². The summed E-state index contributed by atoms with van der Waals surface area (Å²) < 4.78 is 3.71. The third kappa shape index (κ3) is 2.37. The van der Waals surface area contributed by atoms with Gasteiger partial charge in [-0.05, 0) is 52.1 Å². The predicted molar refractivity (Wildman–Crippen MR) is 69.5 cm³/mol. The van der Waals surface area contributed by atoms with Gasteiger partial charge in [-0.1, -0.05) is 0 Å². The van der Waals surface area contributed by atoms with Crippen molar-refractivity contribution >= 4 is 51.1 Å². The molecule has 0 aliphatic carbocycles. The zero-order valence-electron chi connectivity index (χ0n) is 7.45. The van der Waals surface area contributed by atoms with Gasteiger partial charge >= 0.3 is 0 Å².